The number of carbonyl (C=O) groups excluding carboxylic acids is 2. The van der Waals surface area contributed by atoms with Crippen molar-refractivity contribution in [1.29, 1.82) is 0 Å². The van der Waals surface area contributed by atoms with E-state index < -0.39 is 36.1 Å². The molecule has 0 saturated heterocycles. The summed E-state index contributed by atoms with van der Waals surface area (Å²) in [5.74, 6) is -1.24. The highest BCUT2D eigenvalue weighted by Gasteiger charge is 2.51. The number of carbonyl (C=O) groups is 2. The van der Waals surface area contributed by atoms with Crippen molar-refractivity contribution in [2.24, 2.45) is 11.3 Å². The number of halogens is 3. The van der Waals surface area contributed by atoms with Crippen LogP contribution in [0.25, 0.3) is 0 Å². The van der Waals surface area contributed by atoms with Crippen LogP contribution in [0.2, 0.25) is 0 Å². The molecule has 8 heteroatoms. The Morgan fingerprint density at radius 2 is 1.86 bits per heavy atom. The summed E-state index contributed by atoms with van der Waals surface area (Å²) in [4.78, 5) is 23.5. The molecule has 0 aromatic heterocycles. The zero-order valence-electron chi connectivity index (χ0n) is 12.3. The summed E-state index contributed by atoms with van der Waals surface area (Å²) >= 11 is 0. The van der Waals surface area contributed by atoms with Gasteiger partial charge < -0.3 is 10.1 Å². The maximum absolute atomic E-state index is 12.2. The number of hydrogen-bond donors (Lipinski definition) is 2. The summed E-state index contributed by atoms with van der Waals surface area (Å²) in [7, 11) is 1.27. The molecule has 2 N–H and O–H groups in total. The minimum Gasteiger partial charge on any atom is -0.469 e. The van der Waals surface area contributed by atoms with E-state index >= 15 is 0 Å². The van der Waals surface area contributed by atoms with Crippen LogP contribution >= 0.6 is 0 Å². The summed E-state index contributed by atoms with van der Waals surface area (Å²) in [5, 5.41) is 4.75. The van der Waals surface area contributed by atoms with Gasteiger partial charge in [0.2, 0.25) is 5.91 Å². The van der Waals surface area contributed by atoms with E-state index in [1.807, 2.05) is 0 Å². The molecule has 0 spiro atoms. The average Bonchev–Trinajstić information content (AvgIpc) is 3.15. The second-order valence-corrected chi connectivity index (χ2v) is 5.71. The third kappa shape index (κ3) is 5.18. The van der Waals surface area contributed by atoms with Crippen LogP contribution in [0.1, 0.15) is 26.7 Å². The summed E-state index contributed by atoms with van der Waals surface area (Å²) < 4.78 is 41.3. The summed E-state index contributed by atoms with van der Waals surface area (Å²) in [5.41, 5.74) is -0.698. The van der Waals surface area contributed by atoms with Crippen molar-refractivity contribution >= 4 is 11.9 Å². The van der Waals surface area contributed by atoms with Gasteiger partial charge in [-0.15, -0.1) is 0 Å². The Bertz CT molecular complexity index is 393. The Kier molecular flexibility index (Phi) is 5.61. The molecule has 0 aromatic rings. The van der Waals surface area contributed by atoms with E-state index in [1.54, 1.807) is 13.8 Å². The van der Waals surface area contributed by atoms with Gasteiger partial charge in [-0.3, -0.25) is 14.9 Å². The first-order valence-corrected chi connectivity index (χ1v) is 6.77. The van der Waals surface area contributed by atoms with Gasteiger partial charge in [-0.2, -0.15) is 13.2 Å². The molecule has 0 aromatic carbocycles. The van der Waals surface area contributed by atoms with Gasteiger partial charge in [-0.25, -0.2) is 0 Å². The number of methoxy groups -OCH3 is 1. The van der Waals surface area contributed by atoms with E-state index in [1.165, 1.54) is 7.11 Å². The maximum Gasteiger partial charge on any atom is 0.401 e. The van der Waals surface area contributed by atoms with Crippen molar-refractivity contribution in [3.05, 3.63) is 0 Å². The number of rotatable bonds is 7. The molecular weight excluding hydrogens is 289 g/mol. The lowest BCUT2D eigenvalue weighted by Crippen LogP contribution is -2.51. The van der Waals surface area contributed by atoms with E-state index in [0.717, 1.165) is 0 Å². The largest absolute Gasteiger partial charge is 0.469 e. The predicted molar refractivity (Wildman–Crippen MR) is 69.4 cm³/mol. The lowest BCUT2D eigenvalue weighted by atomic mass is 10.0. The van der Waals surface area contributed by atoms with E-state index in [9.17, 15) is 22.8 Å². The van der Waals surface area contributed by atoms with Gasteiger partial charge >= 0.3 is 12.1 Å². The molecule has 1 rings (SSSR count). The van der Waals surface area contributed by atoms with Crippen LogP contribution in [-0.4, -0.2) is 44.3 Å². The predicted octanol–water partition coefficient (Wildman–Crippen LogP) is 1.23. The van der Waals surface area contributed by atoms with Gasteiger partial charge in [0.1, 0.15) is 0 Å². The lowest BCUT2D eigenvalue weighted by Gasteiger charge is -2.23. The molecule has 5 nitrogen and oxygen atoms in total. The fourth-order valence-corrected chi connectivity index (χ4v) is 2.04. The monoisotopic (exact) mass is 310 g/mol. The van der Waals surface area contributed by atoms with E-state index in [-0.39, 0.29) is 12.5 Å². The first-order chi connectivity index (χ1) is 9.61. The Morgan fingerprint density at radius 1 is 1.29 bits per heavy atom. The van der Waals surface area contributed by atoms with Crippen LogP contribution in [0.4, 0.5) is 13.2 Å². The van der Waals surface area contributed by atoms with Crippen LogP contribution in [-0.2, 0) is 14.3 Å². The van der Waals surface area contributed by atoms with E-state index in [4.69, 9.17) is 0 Å². The first kappa shape index (κ1) is 17.7. The molecule has 0 bridgehead atoms. The van der Waals surface area contributed by atoms with E-state index in [2.05, 4.69) is 15.4 Å². The van der Waals surface area contributed by atoms with Crippen LogP contribution in [0.15, 0.2) is 0 Å². The number of hydrogen-bond acceptors (Lipinski definition) is 4. The maximum atomic E-state index is 12.2. The highest BCUT2D eigenvalue weighted by molar-refractivity contribution is 5.84. The minimum atomic E-state index is -4.38. The molecule has 1 fully saturated rings. The highest BCUT2D eigenvalue weighted by atomic mass is 19.4. The topological polar surface area (TPSA) is 67.4 Å². The van der Waals surface area contributed by atoms with Crippen molar-refractivity contribution in [3.8, 4) is 0 Å². The molecular formula is C13H21F3N2O3. The van der Waals surface area contributed by atoms with Crippen molar-refractivity contribution in [2.75, 3.05) is 20.2 Å². The van der Waals surface area contributed by atoms with Gasteiger partial charge in [0.25, 0.3) is 0 Å². The molecule has 1 aliphatic rings. The fraction of sp³-hybridized carbons (Fsp3) is 0.846. The molecule has 0 radical (unpaired) electrons. The van der Waals surface area contributed by atoms with Crippen molar-refractivity contribution < 1.29 is 27.5 Å². The first-order valence-electron chi connectivity index (χ1n) is 6.77. The third-order valence-corrected chi connectivity index (χ3v) is 3.54. The van der Waals surface area contributed by atoms with Crippen molar-refractivity contribution in [1.82, 2.24) is 10.6 Å². The Labute approximate surface area is 121 Å². The number of alkyl halides is 3. The SMILES string of the molecule is COC(=O)C1(CNC(=O)[C@@H](NCC(F)(F)F)C(C)C)CC1. The molecule has 0 heterocycles. The third-order valence-electron chi connectivity index (χ3n) is 3.54. The average molecular weight is 310 g/mol. The Morgan fingerprint density at radius 3 is 2.24 bits per heavy atom. The second kappa shape index (κ2) is 6.64. The molecule has 21 heavy (non-hydrogen) atoms. The second-order valence-electron chi connectivity index (χ2n) is 5.71. The molecule has 1 aliphatic carbocycles. The Balaban J connectivity index is 2.52. The lowest BCUT2D eigenvalue weighted by molar-refractivity contribution is -0.147. The summed E-state index contributed by atoms with van der Waals surface area (Å²) in [6.45, 7) is 2.17. The van der Waals surface area contributed by atoms with Crippen molar-refractivity contribution in [2.45, 2.75) is 38.9 Å². The van der Waals surface area contributed by atoms with Crippen LogP contribution in [0.5, 0.6) is 0 Å². The number of esters is 1. The van der Waals surface area contributed by atoms with Crippen LogP contribution in [0.3, 0.4) is 0 Å². The number of ether oxygens (including phenoxy) is 1. The van der Waals surface area contributed by atoms with Gasteiger partial charge in [0.05, 0.1) is 25.1 Å². The minimum absolute atomic E-state index is 0.0927. The van der Waals surface area contributed by atoms with Gasteiger partial charge in [-0.05, 0) is 18.8 Å². The smallest absolute Gasteiger partial charge is 0.401 e. The molecule has 0 aliphatic heterocycles. The number of nitrogens with one attached hydrogen (secondary N) is 2. The highest BCUT2D eigenvalue weighted by Crippen LogP contribution is 2.46. The molecule has 0 unspecified atom stereocenters. The fourth-order valence-electron chi connectivity index (χ4n) is 2.04. The van der Waals surface area contributed by atoms with Crippen LogP contribution in [0, 0.1) is 11.3 Å². The molecule has 1 saturated carbocycles. The standard InChI is InChI=1S/C13H21F3N2O3/c1-8(2)9(17-7-13(14,15)16)10(19)18-6-12(4-5-12)11(20)21-3/h8-9,17H,4-7H2,1-3H3,(H,18,19)/t9-/m0/s1. The summed E-state index contributed by atoms with van der Waals surface area (Å²) in [6.07, 6.45) is -3.15. The Hall–Kier alpha value is -1.31. The van der Waals surface area contributed by atoms with Crippen LogP contribution < -0.4 is 10.6 Å². The quantitative estimate of drug-likeness (QED) is 0.694. The van der Waals surface area contributed by atoms with Gasteiger partial charge in [0.15, 0.2) is 0 Å². The zero-order valence-corrected chi connectivity index (χ0v) is 12.3. The summed E-state index contributed by atoms with van der Waals surface area (Å²) in [6, 6.07) is -0.958. The normalized spacial score (nSPS) is 18.2. The van der Waals surface area contributed by atoms with Gasteiger partial charge in [-0.1, -0.05) is 13.8 Å². The molecule has 1 amide bonds. The zero-order chi connectivity index (χ0) is 16.3. The van der Waals surface area contributed by atoms with Gasteiger partial charge in [0, 0.05) is 6.54 Å². The molecule has 1 atom stereocenters. The number of amides is 1. The molecule has 122 valence electrons. The van der Waals surface area contributed by atoms with E-state index in [0.29, 0.717) is 12.8 Å². The van der Waals surface area contributed by atoms with Crippen molar-refractivity contribution in [3.63, 3.8) is 0 Å².